The molecule has 144 valence electrons. The number of rotatable bonds is 3. The molecule has 5 rings (SSSR count). The summed E-state index contributed by atoms with van der Waals surface area (Å²) in [5.74, 6) is -0.799. The minimum absolute atomic E-state index is 0.0957. The SMILES string of the molecule is O=C(O)CCc1cc2[nH]c1C=c1ccc([nH]1)=Cc1ccc([nH]1)C=c1ccc([nH]1)=C2. The van der Waals surface area contributed by atoms with Gasteiger partial charge in [-0.1, -0.05) is 0 Å². The third-order valence-electron chi connectivity index (χ3n) is 4.99. The van der Waals surface area contributed by atoms with E-state index < -0.39 is 5.97 Å². The fourth-order valence-corrected chi connectivity index (χ4v) is 3.64. The summed E-state index contributed by atoms with van der Waals surface area (Å²) in [6.45, 7) is 0. The van der Waals surface area contributed by atoms with E-state index in [4.69, 9.17) is 5.11 Å². The molecule has 4 aromatic rings. The van der Waals surface area contributed by atoms with Gasteiger partial charge < -0.3 is 25.0 Å². The summed E-state index contributed by atoms with van der Waals surface area (Å²) in [4.78, 5) is 24.7. The maximum absolute atomic E-state index is 11.1. The highest BCUT2D eigenvalue weighted by atomic mass is 16.4. The lowest BCUT2D eigenvalue weighted by Crippen LogP contribution is -2.10. The number of hydrogen-bond donors (Lipinski definition) is 5. The fraction of sp³-hybridized carbons (Fsp3) is 0.0870. The first-order chi connectivity index (χ1) is 14.1. The molecule has 1 aliphatic heterocycles. The van der Waals surface area contributed by atoms with Crippen LogP contribution in [0.2, 0.25) is 0 Å². The van der Waals surface area contributed by atoms with Crippen molar-refractivity contribution >= 4 is 30.3 Å². The molecule has 0 amide bonds. The first-order valence-electron chi connectivity index (χ1n) is 9.50. The van der Waals surface area contributed by atoms with Crippen LogP contribution in [-0.2, 0) is 11.2 Å². The van der Waals surface area contributed by atoms with E-state index in [1.165, 1.54) is 0 Å². The molecule has 1 aliphatic rings. The standard InChI is InChI=1S/C23H20N4O2/c28-23(29)8-1-14-9-21-12-19-5-4-17(25-19)10-15-2-3-16(24-15)11-18-6-7-20(26-18)13-22(14)27-21/h2-7,9-13,24-27H,1,8H2,(H,28,29). The molecule has 0 spiro atoms. The molecule has 6 nitrogen and oxygen atoms in total. The molecular weight excluding hydrogens is 364 g/mol. The van der Waals surface area contributed by atoms with Gasteiger partial charge in [0.05, 0.1) is 0 Å². The summed E-state index contributed by atoms with van der Waals surface area (Å²) in [5.41, 5.74) is 4.86. The molecule has 0 saturated heterocycles. The van der Waals surface area contributed by atoms with Gasteiger partial charge in [0.15, 0.2) is 0 Å². The van der Waals surface area contributed by atoms with Gasteiger partial charge in [-0.15, -0.1) is 0 Å². The molecule has 0 aromatic carbocycles. The first kappa shape index (κ1) is 17.2. The van der Waals surface area contributed by atoms with Crippen molar-refractivity contribution in [1.29, 1.82) is 0 Å². The van der Waals surface area contributed by atoms with E-state index in [0.29, 0.717) is 6.42 Å². The summed E-state index contributed by atoms with van der Waals surface area (Å²) >= 11 is 0. The quantitative estimate of drug-likeness (QED) is 0.315. The lowest BCUT2D eigenvalue weighted by molar-refractivity contribution is -0.136. The molecule has 5 heterocycles. The largest absolute Gasteiger partial charge is 0.481 e. The zero-order valence-corrected chi connectivity index (χ0v) is 15.6. The van der Waals surface area contributed by atoms with Crippen molar-refractivity contribution in [3.63, 3.8) is 0 Å². The molecule has 0 fully saturated rings. The number of carbonyl (C=O) groups is 1. The number of nitrogens with one attached hydrogen (secondary N) is 4. The Kier molecular flexibility index (Phi) is 4.09. The van der Waals surface area contributed by atoms with E-state index >= 15 is 0 Å². The normalized spacial score (nSPS) is 12.4. The monoisotopic (exact) mass is 384 g/mol. The Morgan fingerprint density at radius 1 is 0.690 bits per heavy atom. The van der Waals surface area contributed by atoms with E-state index in [2.05, 4.69) is 38.2 Å². The molecular formula is C23H20N4O2. The Morgan fingerprint density at radius 2 is 1.24 bits per heavy atom. The van der Waals surface area contributed by atoms with Crippen molar-refractivity contribution in [3.8, 4) is 0 Å². The Balaban J connectivity index is 1.72. The van der Waals surface area contributed by atoms with Crippen molar-refractivity contribution in [1.82, 2.24) is 19.9 Å². The van der Waals surface area contributed by atoms with Crippen molar-refractivity contribution in [2.45, 2.75) is 12.8 Å². The second kappa shape index (κ2) is 6.91. The number of carboxylic acids is 1. The van der Waals surface area contributed by atoms with Crippen molar-refractivity contribution in [2.75, 3.05) is 0 Å². The molecule has 0 saturated carbocycles. The number of carboxylic acid groups (broad SMARTS) is 1. The molecule has 29 heavy (non-hydrogen) atoms. The zero-order valence-electron chi connectivity index (χ0n) is 15.6. The second-order valence-corrected chi connectivity index (χ2v) is 7.24. The smallest absolute Gasteiger partial charge is 0.303 e. The van der Waals surface area contributed by atoms with E-state index in [-0.39, 0.29) is 6.42 Å². The van der Waals surface area contributed by atoms with Gasteiger partial charge >= 0.3 is 5.97 Å². The van der Waals surface area contributed by atoms with Crippen LogP contribution in [0.25, 0.3) is 24.3 Å². The molecule has 0 unspecified atom stereocenters. The Bertz CT molecular complexity index is 1440. The van der Waals surface area contributed by atoms with E-state index in [1.54, 1.807) is 0 Å². The van der Waals surface area contributed by atoms with Crippen LogP contribution < -0.4 is 21.4 Å². The van der Waals surface area contributed by atoms with Gasteiger partial charge in [0, 0.05) is 50.6 Å². The maximum atomic E-state index is 11.1. The highest BCUT2D eigenvalue weighted by Crippen LogP contribution is 2.15. The Morgan fingerprint density at radius 3 is 1.83 bits per heavy atom. The highest BCUT2D eigenvalue weighted by Gasteiger charge is 2.08. The maximum Gasteiger partial charge on any atom is 0.303 e. The van der Waals surface area contributed by atoms with Crippen LogP contribution in [0.3, 0.4) is 0 Å². The van der Waals surface area contributed by atoms with Crippen LogP contribution in [0.1, 0.15) is 34.8 Å². The summed E-state index contributed by atoms with van der Waals surface area (Å²) in [6, 6.07) is 14.2. The molecule has 0 radical (unpaired) electrons. The number of aromatic nitrogens is 4. The first-order valence-corrected chi connectivity index (χ1v) is 9.50. The van der Waals surface area contributed by atoms with E-state index in [1.807, 2.05) is 48.6 Å². The van der Waals surface area contributed by atoms with Gasteiger partial charge in [-0.2, -0.15) is 0 Å². The number of fused-ring (bicyclic) bond motifs is 8. The molecule has 0 aliphatic carbocycles. The lowest BCUT2D eigenvalue weighted by Gasteiger charge is -1.96. The minimum Gasteiger partial charge on any atom is -0.481 e. The number of H-pyrrole nitrogens is 4. The number of hydrogen-bond acceptors (Lipinski definition) is 1. The Hall–Kier alpha value is -3.93. The predicted octanol–water partition coefficient (Wildman–Crippen LogP) is 0.645. The summed E-state index contributed by atoms with van der Waals surface area (Å²) in [6.07, 6.45) is 8.73. The predicted molar refractivity (Wildman–Crippen MR) is 112 cm³/mol. The second-order valence-electron chi connectivity index (χ2n) is 7.24. The molecule has 6 heteroatoms. The van der Waals surface area contributed by atoms with Gasteiger partial charge in [0.2, 0.25) is 0 Å². The number of aromatic amines is 4. The third kappa shape index (κ3) is 3.73. The number of aliphatic carboxylic acids is 1. The van der Waals surface area contributed by atoms with Gasteiger partial charge in [0.1, 0.15) is 0 Å². The van der Waals surface area contributed by atoms with Gasteiger partial charge in [-0.25, -0.2) is 0 Å². The highest BCUT2D eigenvalue weighted by molar-refractivity contribution is 5.68. The van der Waals surface area contributed by atoms with Gasteiger partial charge in [-0.05, 0) is 78.8 Å². The summed E-state index contributed by atoms with van der Waals surface area (Å²) < 4.78 is 0. The number of aryl methyl sites for hydroxylation is 1. The van der Waals surface area contributed by atoms with Crippen LogP contribution >= 0.6 is 0 Å². The van der Waals surface area contributed by atoms with Gasteiger partial charge in [-0.3, -0.25) is 4.79 Å². The zero-order chi connectivity index (χ0) is 19.8. The van der Waals surface area contributed by atoms with Crippen LogP contribution in [-0.4, -0.2) is 31.0 Å². The minimum atomic E-state index is -0.799. The molecule has 0 atom stereocenters. The molecule has 8 bridgehead atoms. The Labute approximate surface area is 165 Å². The fourth-order valence-electron chi connectivity index (χ4n) is 3.64. The third-order valence-corrected chi connectivity index (χ3v) is 4.99. The van der Waals surface area contributed by atoms with Gasteiger partial charge in [0.25, 0.3) is 0 Å². The van der Waals surface area contributed by atoms with Crippen LogP contribution in [0.5, 0.6) is 0 Å². The van der Waals surface area contributed by atoms with Crippen LogP contribution in [0.4, 0.5) is 0 Å². The summed E-state index contributed by atoms with van der Waals surface area (Å²) in [5, 5.41) is 13.0. The molecule has 5 N–H and O–H groups in total. The average Bonchev–Trinajstić information content (AvgIpc) is 3.45. The van der Waals surface area contributed by atoms with Crippen LogP contribution in [0.15, 0.2) is 42.5 Å². The van der Waals surface area contributed by atoms with E-state index in [0.717, 1.165) is 49.7 Å². The summed E-state index contributed by atoms with van der Waals surface area (Å²) in [7, 11) is 0. The van der Waals surface area contributed by atoms with Crippen molar-refractivity contribution in [2.24, 2.45) is 0 Å². The molecule has 4 aromatic heterocycles. The van der Waals surface area contributed by atoms with Crippen molar-refractivity contribution < 1.29 is 9.90 Å². The topological polar surface area (TPSA) is 100 Å². The van der Waals surface area contributed by atoms with Crippen LogP contribution in [0, 0.1) is 0 Å². The average molecular weight is 384 g/mol. The van der Waals surface area contributed by atoms with E-state index in [9.17, 15) is 4.79 Å². The van der Waals surface area contributed by atoms with Crippen molar-refractivity contribution in [3.05, 3.63) is 92.2 Å². The lowest BCUT2D eigenvalue weighted by atomic mass is 10.1.